The van der Waals surface area contributed by atoms with Gasteiger partial charge in [0, 0.05) is 22.7 Å². The van der Waals surface area contributed by atoms with Crippen LogP contribution in [0.15, 0.2) is 11.6 Å². The third-order valence-electron chi connectivity index (χ3n) is 2.62. The largest absolute Gasteiger partial charge is 0.337 e. The van der Waals surface area contributed by atoms with E-state index in [9.17, 15) is 0 Å². The highest BCUT2D eigenvalue weighted by atomic mass is 32.1. The number of imidazole rings is 1. The van der Waals surface area contributed by atoms with Gasteiger partial charge in [0.05, 0.1) is 17.2 Å². The standard InChI is InChI=1S/C12H17N3S2/c1-8-14-9(7-17-8)6-15-10(12(2,3)4)5-13-11(15)16/h5,7H,6H2,1-4H3,(H,13,16). The van der Waals surface area contributed by atoms with Crippen LogP contribution in [-0.4, -0.2) is 14.5 Å². The molecule has 0 aliphatic rings. The fourth-order valence-corrected chi connectivity index (χ4v) is 2.64. The quantitative estimate of drug-likeness (QED) is 0.843. The maximum absolute atomic E-state index is 5.33. The molecule has 0 radical (unpaired) electrons. The van der Waals surface area contributed by atoms with E-state index in [1.165, 1.54) is 5.69 Å². The second-order valence-electron chi connectivity index (χ2n) is 5.17. The van der Waals surface area contributed by atoms with E-state index in [1.807, 2.05) is 13.1 Å². The number of thiazole rings is 1. The number of hydrogen-bond acceptors (Lipinski definition) is 3. The molecule has 0 saturated carbocycles. The molecule has 0 spiro atoms. The highest BCUT2D eigenvalue weighted by molar-refractivity contribution is 7.71. The Bertz CT molecular complexity index is 569. The van der Waals surface area contributed by atoms with Gasteiger partial charge in [-0.05, 0) is 19.1 Å². The number of aromatic amines is 1. The van der Waals surface area contributed by atoms with Gasteiger partial charge in [-0.2, -0.15) is 0 Å². The summed E-state index contributed by atoms with van der Waals surface area (Å²) >= 11 is 7.01. The first-order chi connectivity index (χ1) is 7.88. The molecule has 0 aliphatic carbocycles. The topological polar surface area (TPSA) is 33.6 Å². The minimum absolute atomic E-state index is 0.0820. The van der Waals surface area contributed by atoms with Gasteiger partial charge in [0.1, 0.15) is 0 Å². The van der Waals surface area contributed by atoms with Gasteiger partial charge in [0.2, 0.25) is 0 Å². The number of rotatable bonds is 2. The number of H-pyrrole nitrogens is 1. The molecule has 0 fully saturated rings. The van der Waals surface area contributed by atoms with Crippen molar-refractivity contribution >= 4 is 23.6 Å². The lowest BCUT2D eigenvalue weighted by molar-refractivity contribution is 0.527. The maximum Gasteiger partial charge on any atom is 0.177 e. The van der Waals surface area contributed by atoms with Crippen LogP contribution in [0.3, 0.4) is 0 Å². The fourth-order valence-electron chi connectivity index (χ4n) is 1.82. The third kappa shape index (κ3) is 2.66. The minimum Gasteiger partial charge on any atom is -0.337 e. The summed E-state index contributed by atoms with van der Waals surface area (Å²) in [5, 5.41) is 3.19. The van der Waals surface area contributed by atoms with Crippen molar-refractivity contribution in [1.82, 2.24) is 14.5 Å². The van der Waals surface area contributed by atoms with Crippen LogP contribution < -0.4 is 0 Å². The summed E-state index contributed by atoms with van der Waals surface area (Å²) < 4.78 is 2.89. The summed E-state index contributed by atoms with van der Waals surface area (Å²) in [6.45, 7) is 9.34. The molecule has 0 aliphatic heterocycles. The normalized spacial score (nSPS) is 12.0. The summed E-state index contributed by atoms with van der Waals surface area (Å²) in [7, 11) is 0. The Hall–Kier alpha value is -0.940. The Morgan fingerprint density at radius 3 is 2.71 bits per heavy atom. The molecule has 2 aromatic heterocycles. The highest BCUT2D eigenvalue weighted by Gasteiger charge is 2.19. The van der Waals surface area contributed by atoms with Crippen molar-refractivity contribution in [2.75, 3.05) is 0 Å². The molecule has 5 heteroatoms. The van der Waals surface area contributed by atoms with Crippen LogP contribution in [0.4, 0.5) is 0 Å². The first-order valence-electron chi connectivity index (χ1n) is 5.57. The Kier molecular flexibility index (Phi) is 3.23. The van der Waals surface area contributed by atoms with E-state index in [2.05, 4.69) is 40.7 Å². The molecular weight excluding hydrogens is 250 g/mol. The molecule has 92 valence electrons. The van der Waals surface area contributed by atoms with E-state index in [-0.39, 0.29) is 5.41 Å². The second kappa shape index (κ2) is 4.38. The first kappa shape index (κ1) is 12.5. The summed E-state index contributed by atoms with van der Waals surface area (Å²) in [6, 6.07) is 0. The number of nitrogens with zero attached hydrogens (tertiary/aromatic N) is 2. The van der Waals surface area contributed by atoms with Gasteiger partial charge < -0.3 is 9.55 Å². The van der Waals surface area contributed by atoms with E-state index in [0.29, 0.717) is 0 Å². The summed E-state index contributed by atoms with van der Waals surface area (Å²) in [4.78, 5) is 7.61. The van der Waals surface area contributed by atoms with Gasteiger partial charge >= 0.3 is 0 Å². The number of aromatic nitrogens is 3. The van der Waals surface area contributed by atoms with Gasteiger partial charge in [-0.3, -0.25) is 0 Å². The van der Waals surface area contributed by atoms with Crippen LogP contribution in [0, 0.1) is 11.7 Å². The van der Waals surface area contributed by atoms with Crippen LogP contribution in [-0.2, 0) is 12.0 Å². The molecule has 2 aromatic rings. The molecule has 0 atom stereocenters. The molecule has 2 rings (SSSR count). The molecule has 0 bridgehead atoms. The zero-order valence-electron chi connectivity index (χ0n) is 10.6. The molecule has 0 saturated heterocycles. The smallest absolute Gasteiger partial charge is 0.177 e. The Morgan fingerprint density at radius 1 is 1.47 bits per heavy atom. The molecule has 1 N–H and O–H groups in total. The van der Waals surface area contributed by atoms with Crippen LogP contribution in [0.1, 0.15) is 37.2 Å². The van der Waals surface area contributed by atoms with Crippen molar-refractivity contribution in [3.63, 3.8) is 0 Å². The van der Waals surface area contributed by atoms with Gasteiger partial charge in [-0.25, -0.2) is 4.98 Å². The van der Waals surface area contributed by atoms with Crippen LogP contribution in [0.2, 0.25) is 0 Å². The summed E-state index contributed by atoms with van der Waals surface area (Å²) in [5.74, 6) is 0. The Balaban J connectivity index is 2.39. The Labute approximate surface area is 111 Å². The van der Waals surface area contributed by atoms with Gasteiger partial charge in [-0.15, -0.1) is 11.3 Å². The van der Waals surface area contributed by atoms with Crippen molar-refractivity contribution in [3.8, 4) is 0 Å². The van der Waals surface area contributed by atoms with Crippen LogP contribution in [0.5, 0.6) is 0 Å². The second-order valence-corrected chi connectivity index (χ2v) is 6.62. The predicted molar refractivity (Wildman–Crippen MR) is 74.3 cm³/mol. The lowest BCUT2D eigenvalue weighted by Crippen LogP contribution is -2.18. The van der Waals surface area contributed by atoms with Crippen molar-refractivity contribution in [2.45, 2.75) is 39.7 Å². The van der Waals surface area contributed by atoms with E-state index in [1.54, 1.807) is 11.3 Å². The van der Waals surface area contributed by atoms with E-state index < -0.39 is 0 Å². The monoisotopic (exact) mass is 267 g/mol. The zero-order chi connectivity index (χ0) is 12.6. The van der Waals surface area contributed by atoms with E-state index >= 15 is 0 Å². The van der Waals surface area contributed by atoms with Crippen LogP contribution >= 0.6 is 23.6 Å². The highest BCUT2D eigenvalue weighted by Crippen LogP contribution is 2.23. The number of hydrogen-bond donors (Lipinski definition) is 1. The van der Waals surface area contributed by atoms with Crippen molar-refractivity contribution in [3.05, 3.63) is 32.7 Å². The van der Waals surface area contributed by atoms with E-state index in [0.717, 1.165) is 22.0 Å². The van der Waals surface area contributed by atoms with Gasteiger partial charge in [-0.1, -0.05) is 20.8 Å². The minimum atomic E-state index is 0.0820. The maximum atomic E-state index is 5.33. The van der Waals surface area contributed by atoms with Gasteiger partial charge in [0.25, 0.3) is 0 Å². The molecule has 2 heterocycles. The molecular formula is C12H17N3S2. The SMILES string of the molecule is Cc1nc(Cn2c(C(C)(C)C)c[nH]c2=S)cs1. The first-order valence-corrected chi connectivity index (χ1v) is 6.86. The zero-order valence-corrected chi connectivity index (χ0v) is 12.2. The molecule has 0 aromatic carbocycles. The van der Waals surface area contributed by atoms with Gasteiger partial charge in [0.15, 0.2) is 4.77 Å². The third-order valence-corrected chi connectivity index (χ3v) is 3.78. The lowest BCUT2D eigenvalue weighted by Gasteiger charge is -2.20. The Morgan fingerprint density at radius 2 is 2.18 bits per heavy atom. The summed E-state index contributed by atoms with van der Waals surface area (Å²) in [6.07, 6.45) is 2.00. The van der Waals surface area contributed by atoms with Crippen LogP contribution in [0.25, 0.3) is 0 Å². The molecule has 0 unspecified atom stereocenters. The molecule has 17 heavy (non-hydrogen) atoms. The number of aryl methyl sites for hydroxylation is 1. The van der Waals surface area contributed by atoms with E-state index in [4.69, 9.17) is 12.2 Å². The average Bonchev–Trinajstić information content (AvgIpc) is 2.74. The fraction of sp³-hybridized carbons (Fsp3) is 0.500. The lowest BCUT2D eigenvalue weighted by atomic mass is 9.92. The van der Waals surface area contributed by atoms with Crippen molar-refractivity contribution < 1.29 is 0 Å². The predicted octanol–water partition coefficient (Wildman–Crippen LogP) is 3.66. The average molecular weight is 267 g/mol. The summed E-state index contributed by atoms with van der Waals surface area (Å²) in [5.41, 5.74) is 2.38. The number of nitrogens with one attached hydrogen (secondary N) is 1. The molecule has 0 amide bonds. The van der Waals surface area contributed by atoms with Crippen molar-refractivity contribution in [2.24, 2.45) is 0 Å². The van der Waals surface area contributed by atoms with Crippen molar-refractivity contribution in [1.29, 1.82) is 0 Å². The molecule has 3 nitrogen and oxygen atoms in total.